The molecule has 0 aliphatic carbocycles. The highest BCUT2D eigenvalue weighted by atomic mass is 19.3. The number of nitrogen functional groups attached to an aromatic ring is 1. The maximum Gasteiger partial charge on any atom is 0.350 e. The first-order chi connectivity index (χ1) is 19.1. The van der Waals surface area contributed by atoms with Crippen molar-refractivity contribution in [3.8, 4) is 17.4 Å². The van der Waals surface area contributed by atoms with Crippen LogP contribution in [0.1, 0.15) is 35.4 Å². The standard InChI is InChI=1S/C24H23F2N7O3.C2H4O2/c1-35-17-10-16(11-18(12-17)36-13-20(25)26)19(9-14-3-5-15(6-4-14)21(27)28)22-31-24(34)33(32-22)23-29-7-2-8-30-23;1-2(3)4/h2-8,10-12,19-20H,9,13H2,1H3,(H3,27,28)(H,31,32,34);1H3,(H,3,4). The third kappa shape index (κ3) is 8.18. The molecule has 2 heterocycles. The average Bonchev–Trinajstić information content (AvgIpc) is 3.31. The summed E-state index contributed by atoms with van der Waals surface area (Å²) in [5.41, 5.74) is 7.06. The van der Waals surface area contributed by atoms with E-state index in [1.54, 1.807) is 30.3 Å². The van der Waals surface area contributed by atoms with Crippen LogP contribution in [0.3, 0.4) is 0 Å². The van der Waals surface area contributed by atoms with E-state index in [0.717, 1.165) is 17.2 Å². The first-order valence-electron chi connectivity index (χ1n) is 11.8. The number of carboxylic acids is 1. The van der Waals surface area contributed by atoms with Crippen LogP contribution < -0.4 is 20.9 Å². The Morgan fingerprint density at radius 3 is 2.35 bits per heavy atom. The Hall–Kier alpha value is -5.14. The number of amidine groups is 1. The summed E-state index contributed by atoms with van der Waals surface area (Å²) in [7, 11) is 1.45. The van der Waals surface area contributed by atoms with Gasteiger partial charge in [0.2, 0.25) is 0 Å². The lowest BCUT2D eigenvalue weighted by atomic mass is 9.90. The number of carboxylic acid groups (broad SMARTS) is 1. The summed E-state index contributed by atoms with van der Waals surface area (Å²) in [4.78, 5) is 32.6. The predicted octanol–water partition coefficient (Wildman–Crippen LogP) is 2.75. The molecule has 1 atom stereocenters. The van der Waals surface area contributed by atoms with Gasteiger partial charge in [-0.1, -0.05) is 24.3 Å². The average molecular weight is 556 g/mol. The van der Waals surface area contributed by atoms with Crippen LogP contribution in [-0.2, 0) is 11.2 Å². The third-order valence-corrected chi connectivity index (χ3v) is 5.33. The van der Waals surface area contributed by atoms with Gasteiger partial charge in [-0.3, -0.25) is 15.2 Å². The molecule has 4 rings (SSSR count). The van der Waals surface area contributed by atoms with Gasteiger partial charge in [0, 0.05) is 36.9 Å². The molecule has 210 valence electrons. The molecule has 0 aliphatic heterocycles. The summed E-state index contributed by atoms with van der Waals surface area (Å²) < 4.78 is 37.2. The van der Waals surface area contributed by atoms with Crippen LogP contribution in [0, 0.1) is 5.41 Å². The number of hydrogen-bond acceptors (Lipinski definition) is 8. The van der Waals surface area contributed by atoms with E-state index in [4.69, 9.17) is 30.5 Å². The molecular formula is C26H27F2N7O5. The number of nitrogens with one attached hydrogen (secondary N) is 2. The summed E-state index contributed by atoms with van der Waals surface area (Å²) >= 11 is 0. The number of hydrogen-bond donors (Lipinski definition) is 4. The minimum atomic E-state index is -2.65. The van der Waals surface area contributed by atoms with Gasteiger partial charge in [0.05, 0.1) is 7.11 Å². The molecule has 0 fully saturated rings. The number of halogens is 2. The molecule has 0 saturated carbocycles. The fourth-order valence-electron chi connectivity index (χ4n) is 3.62. The van der Waals surface area contributed by atoms with Crippen molar-refractivity contribution in [2.24, 2.45) is 5.73 Å². The van der Waals surface area contributed by atoms with Gasteiger partial charge in [-0.15, -0.1) is 9.78 Å². The van der Waals surface area contributed by atoms with Crippen LogP contribution in [0.5, 0.6) is 11.5 Å². The van der Waals surface area contributed by atoms with Gasteiger partial charge < -0.3 is 20.3 Å². The lowest BCUT2D eigenvalue weighted by Gasteiger charge is -2.18. The predicted molar refractivity (Wildman–Crippen MR) is 141 cm³/mol. The van der Waals surface area contributed by atoms with Gasteiger partial charge >= 0.3 is 5.69 Å². The first-order valence-corrected chi connectivity index (χ1v) is 11.8. The SMILES string of the molecule is CC(=O)O.COc1cc(OCC(F)F)cc(C(Cc2ccc(C(=N)N)cc2)c2nn(-c3ncccn3)c(=O)[nH]2)c1. The lowest BCUT2D eigenvalue weighted by molar-refractivity contribution is -0.134. The van der Waals surface area contributed by atoms with E-state index in [1.165, 1.54) is 25.6 Å². The number of rotatable bonds is 10. The minimum absolute atomic E-state index is 0.0577. The van der Waals surface area contributed by atoms with Crippen LogP contribution in [-0.4, -0.2) is 61.8 Å². The molecule has 0 radical (unpaired) electrons. The van der Waals surface area contributed by atoms with E-state index in [9.17, 15) is 13.6 Å². The summed E-state index contributed by atoms with van der Waals surface area (Å²) in [5.74, 6) is -0.443. The van der Waals surface area contributed by atoms with E-state index in [2.05, 4.69) is 20.1 Å². The summed E-state index contributed by atoms with van der Waals surface area (Å²) in [6.45, 7) is 0.306. The van der Waals surface area contributed by atoms with Crippen molar-refractivity contribution in [1.29, 1.82) is 5.41 Å². The Labute approximate surface area is 226 Å². The summed E-state index contributed by atoms with van der Waals surface area (Å²) in [6.07, 6.45) is 0.702. The van der Waals surface area contributed by atoms with Crippen LogP contribution in [0.2, 0.25) is 0 Å². The van der Waals surface area contributed by atoms with Gasteiger partial charge in [0.25, 0.3) is 18.3 Å². The summed E-state index contributed by atoms with van der Waals surface area (Å²) in [6, 6.07) is 13.5. The van der Waals surface area contributed by atoms with Gasteiger partial charge in [-0.25, -0.2) is 23.5 Å². The maximum absolute atomic E-state index is 12.8. The van der Waals surface area contributed by atoms with E-state index in [-0.39, 0.29) is 17.5 Å². The first kappa shape index (κ1) is 29.4. The van der Waals surface area contributed by atoms with Crippen molar-refractivity contribution < 1.29 is 28.2 Å². The van der Waals surface area contributed by atoms with Gasteiger partial charge in [-0.05, 0) is 35.7 Å². The van der Waals surface area contributed by atoms with Crippen molar-refractivity contribution in [3.05, 3.63) is 93.9 Å². The molecule has 0 saturated heterocycles. The lowest BCUT2D eigenvalue weighted by Crippen LogP contribution is -2.18. The molecular weight excluding hydrogens is 528 g/mol. The Morgan fingerprint density at radius 1 is 1.15 bits per heavy atom. The number of nitrogens with two attached hydrogens (primary N) is 1. The molecule has 12 nitrogen and oxygen atoms in total. The molecule has 4 aromatic rings. The number of carbonyl (C=O) groups is 1. The number of aromatic nitrogens is 5. The number of methoxy groups -OCH3 is 1. The molecule has 5 N–H and O–H groups in total. The van der Waals surface area contributed by atoms with E-state index >= 15 is 0 Å². The van der Waals surface area contributed by atoms with Gasteiger partial charge in [0.15, 0.2) is 0 Å². The molecule has 0 amide bonds. The second kappa shape index (κ2) is 13.6. The number of alkyl halides is 2. The number of ether oxygens (including phenoxy) is 2. The van der Waals surface area contributed by atoms with E-state index < -0.39 is 30.6 Å². The zero-order valence-electron chi connectivity index (χ0n) is 21.5. The zero-order valence-corrected chi connectivity index (χ0v) is 21.5. The number of aromatic amines is 1. The van der Waals surface area contributed by atoms with Crippen molar-refractivity contribution >= 4 is 11.8 Å². The fraction of sp³-hybridized carbons (Fsp3) is 0.231. The van der Waals surface area contributed by atoms with Gasteiger partial charge in [-0.2, -0.15) is 0 Å². The van der Waals surface area contributed by atoms with Crippen molar-refractivity contribution in [2.45, 2.75) is 25.7 Å². The molecule has 0 bridgehead atoms. The highest BCUT2D eigenvalue weighted by molar-refractivity contribution is 5.94. The molecule has 14 heteroatoms. The number of H-pyrrole nitrogens is 1. The molecule has 0 aliphatic rings. The minimum Gasteiger partial charge on any atom is -0.497 e. The Kier molecular flexibility index (Phi) is 10.00. The van der Waals surface area contributed by atoms with E-state index in [0.29, 0.717) is 29.1 Å². The number of aliphatic carboxylic acids is 1. The van der Waals surface area contributed by atoms with Crippen molar-refractivity contribution in [1.82, 2.24) is 24.7 Å². The Morgan fingerprint density at radius 2 is 1.77 bits per heavy atom. The third-order valence-electron chi connectivity index (χ3n) is 5.33. The van der Waals surface area contributed by atoms with Crippen molar-refractivity contribution in [3.63, 3.8) is 0 Å². The van der Waals surface area contributed by atoms with Crippen LogP contribution in [0.15, 0.2) is 65.7 Å². The van der Waals surface area contributed by atoms with Crippen LogP contribution in [0.25, 0.3) is 5.95 Å². The Balaban J connectivity index is 0.00000103. The fourth-order valence-corrected chi connectivity index (χ4v) is 3.62. The highest BCUT2D eigenvalue weighted by Crippen LogP contribution is 2.32. The van der Waals surface area contributed by atoms with Crippen molar-refractivity contribution in [2.75, 3.05) is 13.7 Å². The molecule has 0 spiro atoms. The summed E-state index contributed by atoms with van der Waals surface area (Å²) in [5, 5.41) is 19.4. The van der Waals surface area contributed by atoms with Crippen LogP contribution in [0.4, 0.5) is 8.78 Å². The molecule has 1 unspecified atom stereocenters. The van der Waals surface area contributed by atoms with E-state index in [1.807, 2.05) is 12.1 Å². The highest BCUT2D eigenvalue weighted by Gasteiger charge is 2.23. The molecule has 2 aromatic heterocycles. The smallest absolute Gasteiger partial charge is 0.350 e. The normalized spacial score (nSPS) is 11.3. The second-order valence-electron chi connectivity index (χ2n) is 8.31. The topological polar surface area (TPSA) is 182 Å². The monoisotopic (exact) mass is 555 g/mol. The van der Waals surface area contributed by atoms with Crippen LogP contribution >= 0.6 is 0 Å². The number of benzene rings is 2. The number of nitrogens with zero attached hydrogens (tertiary/aromatic N) is 4. The second-order valence-corrected chi connectivity index (χ2v) is 8.31. The quantitative estimate of drug-likeness (QED) is 0.169. The largest absolute Gasteiger partial charge is 0.497 e. The van der Waals surface area contributed by atoms with Gasteiger partial charge in [0.1, 0.15) is 29.8 Å². The molecule has 2 aromatic carbocycles. The Bertz CT molecular complexity index is 1490. The molecule has 40 heavy (non-hydrogen) atoms. The zero-order chi connectivity index (χ0) is 29.2. The maximum atomic E-state index is 12.8.